The number of rotatable bonds is 5. The molecule has 148 valence electrons. The van der Waals surface area contributed by atoms with Crippen LogP contribution in [0.2, 0.25) is 0 Å². The lowest BCUT2D eigenvalue weighted by molar-refractivity contribution is -0.115. The van der Waals surface area contributed by atoms with Crippen molar-refractivity contribution in [3.63, 3.8) is 0 Å². The molecule has 3 N–H and O–H groups in total. The minimum atomic E-state index is -0.682. The number of benzene rings is 2. The van der Waals surface area contributed by atoms with E-state index in [-0.39, 0.29) is 12.5 Å². The van der Waals surface area contributed by atoms with Gasteiger partial charge in [0, 0.05) is 10.0 Å². The lowest BCUT2D eigenvalue weighted by atomic mass is 10.2. The second kappa shape index (κ2) is 9.36. The first-order valence-electron chi connectivity index (χ1n) is 8.57. The molecule has 0 heterocycles. The van der Waals surface area contributed by atoms with E-state index in [4.69, 9.17) is 4.74 Å². The molecule has 0 bridgehead atoms. The van der Waals surface area contributed by atoms with Crippen LogP contribution in [-0.4, -0.2) is 30.1 Å². The van der Waals surface area contributed by atoms with Crippen LogP contribution >= 0.6 is 15.9 Å². The van der Waals surface area contributed by atoms with Crippen molar-refractivity contribution in [1.82, 2.24) is 5.32 Å². The van der Waals surface area contributed by atoms with Gasteiger partial charge in [0.25, 0.3) is 5.91 Å². The van der Waals surface area contributed by atoms with E-state index in [9.17, 15) is 14.4 Å². The molecule has 0 aliphatic rings. The number of nitrogens with one attached hydrogen (secondary N) is 3. The Labute approximate surface area is 172 Å². The van der Waals surface area contributed by atoms with Crippen LogP contribution in [-0.2, 0) is 9.53 Å². The van der Waals surface area contributed by atoms with Gasteiger partial charge >= 0.3 is 6.09 Å². The van der Waals surface area contributed by atoms with Crippen LogP contribution in [0.15, 0.2) is 53.0 Å². The largest absolute Gasteiger partial charge is 0.444 e. The van der Waals surface area contributed by atoms with Crippen molar-refractivity contribution in [3.05, 3.63) is 58.6 Å². The lowest BCUT2D eigenvalue weighted by Crippen LogP contribution is -2.37. The monoisotopic (exact) mass is 447 g/mol. The maximum absolute atomic E-state index is 12.4. The van der Waals surface area contributed by atoms with E-state index >= 15 is 0 Å². The highest BCUT2D eigenvalue weighted by Gasteiger charge is 2.17. The number of carbonyl (C=O) groups is 3. The first-order chi connectivity index (χ1) is 13.1. The predicted octanol–water partition coefficient (Wildman–Crippen LogP) is 4.16. The van der Waals surface area contributed by atoms with Gasteiger partial charge in [0.05, 0.1) is 11.4 Å². The van der Waals surface area contributed by atoms with E-state index in [1.165, 1.54) is 0 Å². The molecular formula is C20H22BrN3O4. The maximum Gasteiger partial charge on any atom is 0.408 e. The molecule has 0 fully saturated rings. The molecular weight excluding hydrogens is 426 g/mol. The zero-order chi connectivity index (χ0) is 20.7. The van der Waals surface area contributed by atoms with Crippen LogP contribution < -0.4 is 16.0 Å². The number of amides is 3. The van der Waals surface area contributed by atoms with Gasteiger partial charge in [-0.05, 0) is 51.1 Å². The summed E-state index contributed by atoms with van der Waals surface area (Å²) in [5.74, 6) is -0.759. The first kappa shape index (κ1) is 21.4. The standard InChI is InChI=1S/C20H22BrN3O4/c1-20(2,3)28-19(27)22-12-17(25)23-15-9-4-5-10-16(15)24-18(26)13-7-6-8-14(21)11-13/h4-11H,12H2,1-3H3,(H,22,27)(H,23,25)(H,24,26). The summed E-state index contributed by atoms with van der Waals surface area (Å²) >= 11 is 3.33. The van der Waals surface area contributed by atoms with Gasteiger partial charge in [-0.15, -0.1) is 0 Å². The Morgan fingerprint density at radius 1 is 0.964 bits per heavy atom. The topological polar surface area (TPSA) is 96.5 Å². The molecule has 2 aromatic rings. The van der Waals surface area contributed by atoms with Gasteiger partial charge < -0.3 is 20.7 Å². The summed E-state index contributed by atoms with van der Waals surface area (Å²) in [4.78, 5) is 36.2. The highest BCUT2D eigenvalue weighted by molar-refractivity contribution is 9.10. The van der Waals surface area contributed by atoms with Crippen molar-refractivity contribution in [2.24, 2.45) is 0 Å². The van der Waals surface area contributed by atoms with Crippen molar-refractivity contribution in [3.8, 4) is 0 Å². The number of anilines is 2. The van der Waals surface area contributed by atoms with Crippen molar-refractivity contribution in [2.45, 2.75) is 26.4 Å². The Morgan fingerprint density at radius 2 is 1.61 bits per heavy atom. The molecule has 2 aromatic carbocycles. The number of alkyl carbamates (subject to hydrolysis) is 1. The molecule has 8 heteroatoms. The van der Waals surface area contributed by atoms with Crippen LogP contribution in [0.25, 0.3) is 0 Å². The Kier molecular flexibility index (Phi) is 7.17. The van der Waals surface area contributed by atoms with E-state index in [1.807, 2.05) is 6.07 Å². The average Bonchev–Trinajstić information content (AvgIpc) is 2.60. The van der Waals surface area contributed by atoms with E-state index in [0.717, 1.165) is 4.47 Å². The molecule has 7 nitrogen and oxygen atoms in total. The number of carbonyl (C=O) groups excluding carboxylic acids is 3. The van der Waals surface area contributed by atoms with Gasteiger partial charge in [0.2, 0.25) is 5.91 Å². The SMILES string of the molecule is CC(C)(C)OC(=O)NCC(=O)Nc1ccccc1NC(=O)c1cccc(Br)c1. The van der Waals surface area contributed by atoms with Crippen LogP contribution in [0.1, 0.15) is 31.1 Å². The van der Waals surface area contributed by atoms with Gasteiger partial charge in [-0.3, -0.25) is 9.59 Å². The summed E-state index contributed by atoms with van der Waals surface area (Å²) < 4.78 is 5.87. The van der Waals surface area contributed by atoms with Crippen LogP contribution in [0.4, 0.5) is 16.2 Å². The van der Waals surface area contributed by atoms with Crippen molar-refractivity contribution in [2.75, 3.05) is 17.2 Å². The zero-order valence-electron chi connectivity index (χ0n) is 15.8. The zero-order valence-corrected chi connectivity index (χ0v) is 17.4. The third kappa shape index (κ3) is 7.03. The molecule has 0 saturated carbocycles. The molecule has 2 rings (SSSR count). The average molecular weight is 448 g/mol. The number of halogens is 1. The number of hydrogen-bond donors (Lipinski definition) is 3. The van der Waals surface area contributed by atoms with E-state index < -0.39 is 17.6 Å². The Hall–Kier alpha value is -2.87. The molecule has 0 unspecified atom stereocenters. The molecule has 28 heavy (non-hydrogen) atoms. The Bertz CT molecular complexity index is 878. The molecule has 0 aliphatic carbocycles. The van der Waals surface area contributed by atoms with Crippen LogP contribution in [0.3, 0.4) is 0 Å². The lowest BCUT2D eigenvalue weighted by Gasteiger charge is -2.19. The van der Waals surface area contributed by atoms with E-state index in [2.05, 4.69) is 31.9 Å². The van der Waals surface area contributed by atoms with Crippen molar-refractivity contribution in [1.29, 1.82) is 0 Å². The molecule has 0 saturated heterocycles. The van der Waals surface area contributed by atoms with Gasteiger partial charge in [0.15, 0.2) is 0 Å². The maximum atomic E-state index is 12.4. The quantitative estimate of drug-likeness (QED) is 0.640. The fraction of sp³-hybridized carbons (Fsp3) is 0.250. The van der Waals surface area contributed by atoms with Gasteiger partial charge in [0.1, 0.15) is 12.1 Å². The highest BCUT2D eigenvalue weighted by Crippen LogP contribution is 2.22. The van der Waals surface area contributed by atoms with E-state index in [1.54, 1.807) is 63.2 Å². The number of para-hydroxylation sites is 2. The second-order valence-electron chi connectivity index (χ2n) is 6.91. The smallest absolute Gasteiger partial charge is 0.408 e. The van der Waals surface area contributed by atoms with E-state index in [0.29, 0.717) is 16.9 Å². The Balaban J connectivity index is 1.98. The highest BCUT2D eigenvalue weighted by atomic mass is 79.9. The summed E-state index contributed by atoms with van der Waals surface area (Å²) in [7, 11) is 0. The normalized spacial score (nSPS) is 10.7. The molecule has 0 aromatic heterocycles. The minimum Gasteiger partial charge on any atom is -0.444 e. The minimum absolute atomic E-state index is 0.261. The summed E-state index contributed by atoms with van der Waals surface area (Å²) in [6, 6.07) is 13.8. The van der Waals surface area contributed by atoms with Crippen LogP contribution in [0, 0.1) is 0 Å². The third-order valence-electron chi connectivity index (χ3n) is 3.33. The molecule has 0 radical (unpaired) electrons. The van der Waals surface area contributed by atoms with Crippen molar-refractivity contribution < 1.29 is 19.1 Å². The summed E-state index contributed by atoms with van der Waals surface area (Å²) in [5, 5.41) is 7.82. The molecule has 0 atom stereocenters. The second-order valence-corrected chi connectivity index (χ2v) is 7.83. The molecule has 0 aliphatic heterocycles. The number of hydrogen-bond acceptors (Lipinski definition) is 4. The summed E-state index contributed by atoms with van der Waals surface area (Å²) in [6.07, 6.45) is -0.682. The predicted molar refractivity (Wildman–Crippen MR) is 111 cm³/mol. The third-order valence-corrected chi connectivity index (χ3v) is 3.82. The molecule has 0 spiro atoms. The van der Waals surface area contributed by atoms with Crippen LogP contribution in [0.5, 0.6) is 0 Å². The van der Waals surface area contributed by atoms with Gasteiger partial charge in [-0.1, -0.05) is 34.1 Å². The molecule has 3 amide bonds. The van der Waals surface area contributed by atoms with Gasteiger partial charge in [-0.2, -0.15) is 0 Å². The number of ether oxygens (including phenoxy) is 1. The van der Waals surface area contributed by atoms with Gasteiger partial charge in [-0.25, -0.2) is 4.79 Å². The summed E-state index contributed by atoms with van der Waals surface area (Å²) in [6.45, 7) is 4.94. The fourth-order valence-corrected chi connectivity index (χ4v) is 2.59. The van der Waals surface area contributed by atoms with Crippen molar-refractivity contribution >= 4 is 45.2 Å². The summed E-state index contributed by atoms with van der Waals surface area (Å²) in [5.41, 5.74) is 0.686. The first-order valence-corrected chi connectivity index (χ1v) is 9.36. The fourth-order valence-electron chi connectivity index (χ4n) is 2.19. The Morgan fingerprint density at radius 3 is 2.21 bits per heavy atom.